The predicted octanol–water partition coefficient (Wildman–Crippen LogP) is 5.00. The van der Waals surface area contributed by atoms with Crippen molar-refractivity contribution in [2.24, 2.45) is 0 Å². The van der Waals surface area contributed by atoms with Gasteiger partial charge in [0.25, 0.3) is 11.8 Å². The van der Waals surface area contributed by atoms with Crippen LogP contribution in [-0.2, 0) is 0 Å². The molecule has 182 valence electrons. The molecule has 1 aliphatic rings. The number of carbonyl (C=O) groups is 2. The van der Waals surface area contributed by atoms with Crippen molar-refractivity contribution < 1.29 is 23.8 Å². The molecule has 35 heavy (non-hydrogen) atoms. The van der Waals surface area contributed by atoms with Gasteiger partial charge >= 0.3 is 0 Å². The molecule has 0 aliphatic carbocycles. The first-order chi connectivity index (χ1) is 16.8. The number of rotatable bonds is 6. The molecule has 8 nitrogen and oxygen atoms in total. The number of ether oxygens (including phenoxy) is 3. The highest BCUT2D eigenvalue weighted by Crippen LogP contribution is 2.39. The Morgan fingerprint density at radius 3 is 2.26 bits per heavy atom. The summed E-state index contributed by atoms with van der Waals surface area (Å²) < 4.78 is 16.9. The predicted molar refractivity (Wildman–Crippen MR) is 136 cm³/mol. The van der Waals surface area contributed by atoms with Crippen molar-refractivity contribution in [2.45, 2.75) is 20.0 Å². The minimum Gasteiger partial charge on any atom is -0.493 e. The fraction of sp³-hybridized carbons (Fsp3) is 0.231. The molecule has 0 fully saturated rings. The average molecular weight is 540 g/mol. The van der Waals surface area contributed by atoms with E-state index in [1.165, 1.54) is 38.5 Å². The summed E-state index contributed by atoms with van der Waals surface area (Å²) in [7, 11) is 4.44. The lowest BCUT2D eigenvalue weighted by Gasteiger charge is -2.38. The van der Waals surface area contributed by atoms with E-state index in [9.17, 15) is 9.59 Å². The number of halogens is 1. The van der Waals surface area contributed by atoms with E-state index in [4.69, 9.17) is 14.2 Å². The van der Waals surface area contributed by atoms with Gasteiger partial charge in [-0.2, -0.15) is 0 Å². The standard InChI is InChI=1S/C26H26BrN3O5/c1-14-6-8-18(15(2)10-14)24-28-20-9-7-17(27)13-19(20)26(32)30(24)29-25(31)16-11-21(33-3)23(35-5)22(12-16)34-4/h6-13,24,28H,1-5H3,(H,29,31). The summed E-state index contributed by atoms with van der Waals surface area (Å²) in [5, 5.41) is 4.72. The average Bonchev–Trinajstić information content (AvgIpc) is 2.85. The van der Waals surface area contributed by atoms with E-state index >= 15 is 0 Å². The first-order valence-corrected chi connectivity index (χ1v) is 11.6. The number of methoxy groups -OCH3 is 3. The SMILES string of the molecule is COc1cc(C(=O)NN2C(=O)c3cc(Br)ccc3NC2c2ccc(C)cc2C)cc(OC)c1OC. The van der Waals surface area contributed by atoms with Gasteiger partial charge < -0.3 is 19.5 Å². The van der Waals surface area contributed by atoms with Crippen LogP contribution in [0, 0.1) is 13.8 Å². The molecule has 0 saturated heterocycles. The van der Waals surface area contributed by atoms with Crippen molar-refractivity contribution in [1.29, 1.82) is 0 Å². The van der Waals surface area contributed by atoms with Crippen LogP contribution in [0.3, 0.4) is 0 Å². The number of hydrazine groups is 1. The van der Waals surface area contributed by atoms with Gasteiger partial charge in [0, 0.05) is 15.7 Å². The molecular formula is C26H26BrN3O5. The number of aryl methyl sites for hydroxylation is 2. The summed E-state index contributed by atoms with van der Waals surface area (Å²) in [6.07, 6.45) is -0.622. The minimum absolute atomic E-state index is 0.242. The molecule has 1 unspecified atom stereocenters. The molecule has 1 aliphatic heterocycles. The largest absolute Gasteiger partial charge is 0.493 e. The summed E-state index contributed by atoms with van der Waals surface area (Å²) >= 11 is 3.42. The zero-order valence-corrected chi connectivity index (χ0v) is 21.6. The second kappa shape index (κ2) is 9.87. The van der Waals surface area contributed by atoms with Crippen LogP contribution in [0.2, 0.25) is 0 Å². The van der Waals surface area contributed by atoms with E-state index in [2.05, 4.69) is 26.7 Å². The molecule has 9 heteroatoms. The number of carbonyl (C=O) groups excluding carboxylic acids is 2. The Kier molecular flexibility index (Phi) is 6.88. The zero-order valence-electron chi connectivity index (χ0n) is 20.1. The van der Waals surface area contributed by atoms with Gasteiger partial charge in [-0.05, 0) is 55.3 Å². The summed E-state index contributed by atoms with van der Waals surface area (Å²) in [5.74, 6) is 0.188. The molecular weight excluding hydrogens is 514 g/mol. The normalized spacial score (nSPS) is 14.6. The molecule has 0 saturated carbocycles. The van der Waals surface area contributed by atoms with Gasteiger partial charge in [0.2, 0.25) is 5.75 Å². The fourth-order valence-corrected chi connectivity index (χ4v) is 4.49. The molecule has 0 aromatic heterocycles. The van der Waals surface area contributed by atoms with Gasteiger partial charge in [0.15, 0.2) is 11.5 Å². The van der Waals surface area contributed by atoms with Crippen molar-refractivity contribution in [3.05, 3.63) is 80.8 Å². The number of nitrogens with one attached hydrogen (secondary N) is 2. The van der Waals surface area contributed by atoms with Gasteiger partial charge in [-0.25, -0.2) is 5.01 Å². The summed E-state index contributed by atoms with van der Waals surface area (Å²) in [4.78, 5) is 27.0. The van der Waals surface area contributed by atoms with Crippen LogP contribution in [0.5, 0.6) is 17.2 Å². The first-order valence-electron chi connectivity index (χ1n) is 10.8. The second-order valence-electron chi connectivity index (χ2n) is 8.13. The molecule has 2 amide bonds. The van der Waals surface area contributed by atoms with Crippen molar-refractivity contribution >= 4 is 33.4 Å². The number of hydrogen-bond acceptors (Lipinski definition) is 6. The maximum absolute atomic E-state index is 13.6. The summed E-state index contributed by atoms with van der Waals surface area (Å²) in [5.41, 5.74) is 7.11. The van der Waals surface area contributed by atoms with Crippen LogP contribution in [0.15, 0.2) is 53.0 Å². The third-order valence-electron chi connectivity index (χ3n) is 5.85. The summed E-state index contributed by atoms with van der Waals surface area (Å²) in [6, 6.07) is 14.5. The Morgan fingerprint density at radius 2 is 1.66 bits per heavy atom. The maximum Gasteiger partial charge on any atom is 0.276 e. The van der Waals surface area contributed by atoms with Gasteiger partial charge in [0.1, 0.15) is 6.17 Å². The molecule has 0 radical (unpaired) electrons. The van der Waals surface area contributed by atoms with Crippen molar-refractivity contribution in [3.63, 3.8) is 0 Å². The smallest absolute Gasteiger partial charge is 0.276 e. The number of anilines is 1. The van der Waals surface area contributed by atoms with Gasteiger partial charge in [-0.1, -0.05) is 39.7 Å². The molecule has 1 heterocycles. The number of benzene rings is 3. The van der Waals surface area contributed by atoms with Gasteiger partial charge in [0.05, 0.1) is 26.9 Å². The van der Waals surface area contributed by atoms with Crippen LogP contribution in [0.4, 0.5) is 5.69 Å². The number of fused-ring (bicyclic) bond motifs is 1. The molecule has 4 rings (SSSR count). The quantitative estimate of drug-likeness (QED) is 0.458. The van der Waals surface area contributed by atoms with Crippen molar-refractivity contribution in [1.82, 2.24) is 10.4 Å². The molecule has 2 N–H and O–H groups in total. The van der Waals surface area contributed by atoms with E-state index in [0.29, 0.717) is 28.5 Å². The Bertz CT molecular complexity index is 1290. The highest BCUT2D eigenvalue weighted by Gasteiger charge is 2.35. The lowest BCUT2D eigenvalue weighted by atomic mass is 10.00. The molecule has 0 bridgehead atoms. The van der Waals surface area contributed by atoms with Crippen molar-refractivity contribution in [3.8, 4) is 17.2 Å². The highest BCUT2D eigenvalue weighted by molar-refractivity contribution is 9.10. The molecule has 3 aromatic rings. The van der Waals surface area contributed by atoms with E-state index in [-0.39, 0.29) is 11.5 Å². The van der Waals surface area contributed by atoms with Crippen LogP contribution < -0.4 is 25.0 Å². The van der Waals surface area contributed by atoms with E-state index in [1.54, 1.807) is 6.07 Å². The Morgan fingerprint density at radius 1 is 0.971 bits per heavy atom. The van der Waals surface area contributed by atoms with Crippen LogP contribution >= 0.6 is 15.9 Å². The molecule has 1 atom stereocenters. The van der Waals surface area contributed by atoms with Gasteiger partial charge in [-0.15, -0.1) is 0 Å². The maximum atomic E-state index is 13.6. The zero-order chi connectivity index (χ0) is 25.3. The summed E-state index contributed by atoms with van der Waals surface area (Å²) in [6.45, 7) is 3.98. The lowest BCUT2D eigenvalue weighted by Crippen LogP contribution is -2.53. The fourth-order valence-electron chi connectivity index (χ4n) is 4.13. The Balaban J connectivity index is 1.76. The van der Waals surface area contributed by atoms with Crippen LogP contribution in [0.25, 0.3) is 0 Å². The lowest BCUT2D eigenvalue weighted by molar-refractivity contribution is 0.0490. The topological polar surface area (TPSA) is 89.1 Å². The van der Waals surface area contributed by atoms with Crippen LogP contribution in [0.1, 0.15) is 43.6 Å². The van der Waals surface area contributed by atoms with E-state index in [1.807, 2.05) is 44.2 Å². The number of nitrogens with zero attached hydrogens (tertiary/aromatic N) is 1. The Labute approximate surface area is 212 Å². The third kappa shape index (κ3) is 4.64. The molecule has 3 aromatic carbocycles. The first kappa shape index (κ1) is 24.4. The Hall–Kier alpha value is -3.72. The minimum atomic E-state index is -0.622. The van der Waals surface area contributed by atoms with Crippen LogP contribution in [-0.4, -0.2) is 38.2 Å². The molecule has 0 spiro atoms. The number of hydrogen-bond donors (Lipinski definition) is 2. The van der Waals surface area contributed by atoms with Gasteiger partial charge in [-0.3, -0.25) is 15.0 Å². The number of amides is 2. The second-order valence-corrected chi connectivity index (χ2v) is 9.04. The highest BCUT2D eigenvalue weighted by atomic mass is 79.9. The van der Waals surface area contributed by atoms with Crippen molar-refractivity contribution in [2.75, 3.05) is 26.6 Å². The third-order valence-corrected chi connectivity index (χ3v) is 6.34. The van der Waals surface area contributed by atoms with E-state index < -0.39 is 12.1 Å². The van der Waals surface area contributed by atoms with E-state index in [0.717, 1.165) is 21.2 Å². The monoisotopic (exact) mass is 539 g/mol.